The fraction of sp³-hybridized carbons (Fsp3) is 0.227. The van der Waals surface area contributed by atoms with Gasteiger partial charge in [-0.15, -0.1) is 24.0 Å². The summed E-state index contributed by atoms with van der Waals surface area (Å²) in [5.74, 6) is 1.24. The molecule has 0 aliphatic heterocycles. The summed E-state index contributed by atoms with van der Waals surface area (Å²) in [7, 11) is 5.20. The highest BCUT2D eigenvalue weighted by molar-refractivity contribution is 14.0. The molecule has 3 aromatic rings. The standard InChI is InChI=1S/C22H25N5O2.HI/c1-23-22(24-13-16-9-11-18(12-10-16)21(28)27(2)3)25-14-19-15-29-20(26-19)17-7-5-4-6-8-17;/h4-12,15H,13-14H2,1-3H3,(H2,23,24,25);1H. The summed E-state index contributed by atoms with van der Waals surface area (Å²) in [6.45, 7) is 1.08. The molecule has 1 amide bonds. The molecule has 0 saturated heterocycles. The summed E-state index contributed by atoms with van der Waals surface area (Å²) in [6.07, 6.45) is 1.64. The Hall–Kier alpha value is -2.88. The molecule has 1 heterocycles. The molecule has 0 bridgehead atoms. The van der Waals surface area contributed by atoms with Gasteiger partial charge in [-0.05, 0) is 29.8 Å². The van der Waals surface area contributed by atoms with Crippen LogP contribution in [0.2, 0.25) is 0 Å². The van der Waals surface area contributed by atoms with Crippen LogP contribution in [0.3, 0.4) is 0 Å². The Balaban J connectivity index is 0.00000320. The average molecular weight is 519 g/mol. The Morgan fingerprint density at radius 1 is 1.03 bits per heavy atom. The minimum absolute atomic E-state index is 0. The van der Waals surface area contributed by atoms with Crippen LogP contribution in [0.1, 0.15) is 21.6 Å². The predicted octanol–water partition coefficient (Wildman–Crippen LogP) is 3.53. The smallest absolute Gasteiger partial charge is 0.253 e. The van der Waals surface area contributed by atoms with Gasteiger partial charge in [0.2, 0.25) is 5.89 Å². The van der Waals surface area contributed by atoms with Crippen molar-refractivity contribution in [3.8, 4) is 11.5 Å². The van der Waals surface area contributed by atoms with Gasteiger partial charge < -0.3 is 20.0 Å². The van der Waals surface area contributed by atoms with Crippen LogP contribution in [0.5, 0.6) is 0 Å². The van der Waals surface area contributed by atoms with E-state index in [1.54, 1.807) is 32.3 Å². The van der Waals surface area contributed by atoms with Crippen LogP contribution in [0.15, 0.2) is 70.3 Å². The molecular weight excluding hydrogens is 493 g/mol. The van der Waals surface area contributed by atoms with Crippen molar-refractivity contribution in [2.75, 3.05) is 21.1 Å². The Labute approximate surface area is 193 Å². The largest absolute Gasteiger partial charge is 0.444 e. The van der Waals surface area contributed by atoms with E-state index in [0.29, 0.717) is 30.5 Å². The highest BCUT2D eigenvalue weighted by Gasteiger charge is 2.08. The van der Waals surface area contributed by atoms with E-state index in [9.17, 15) is 4.79 Å². The summed E-state index contributed by atoms with van der Waals surface area (Å²) >= 11 is 0. The van der Waals surface area contributed by atoms with E-state index < -0.39 is 0 Å². The molecule has 0 radical (unpaired) electrons. The van der Waals surface area contributed by atoms with Crippen LogP contribution in [0, 0.1) is 0 Å². The van der Waals surface area contributed by atoms with E-state index in [2.05, 4.69) is 20.6 Å². The summed E-state index contributed by atoms with van der Waals surface area (Å²) in [4.78, 5) is 22.2. The molecule has 2 N–H and O–H groups in total. The van der Waals surface area contributed by atoms with Crippen LogP contribution in [0.4, 0.5) is 0 Å². The van der Waals surface area contributed by atoms with Crippen molar-refractivity contribution in [3.63, 3.8) is 0 Å². The maximum Gasteiger partial charge on any atom is 0.253 e. The van der Waals surface area contributed by atoms with Gasteiger partial charge in [0.1, 0.15) is 6.26 Å². The van der Waals surface area contributed by atoms with Gasteiger partial charge in [0.25, 0.3) is 5.91 Å². The minimum atomic E-state index is -0.00975. The van der Waals surface area contributed by atoms with Gasteiger partial charge in [0.05, 0.1) is 12.2 Å². The SMILES string of the molecule is CN=C(NCc1ccc(C(=O)N(C)C)cc1)NCc1coc(-c2ccccc2)n1.I. The maximum atomic E-state index is 11.9. The second kappa shape index (κ2) is 11.3. The van der Waals surface area contributed by atoms with E-state index >= 15 is 0 Å². The van der Waals surface area contributed by atoms with Gasteiger partial charge in [-0.25, -0.2) is 4.98 Å². The number of hydrogen-bond donors (Lipinski definition) is 2. The van der Waals surface area contributed by atoms with Crippen molar-refractivity contribution < 1.29 is 9.21 Å². The monoisotopic (exact) mass is 519 g/mol. The number of rotatable bonds is 6. The lowest BCUT2D eigenvalue weighted by molar-refractivity contribution is 0.0827. The number of hydrogen-bond acceptors (Lipinski definition) is 4. The third-order valence-corrected chi connectivity index (χ3v) is 4.30. The number of halogens is 1. The fourth-order valence-electron chi connectivity index (χ4n) is 2.71. The van der Waals surface area contributed by atoms with E-state index in [1.165, 1.54) is 0 Å². The lowest BCUT2D eigenvalue weighted by Crippen LogP contribution is -2.36. The Kier molecular flexibility index (Phi) is 8.85. The van der Waals surface area contributed by atoms with Crippen LogP contribution in [-0.4, -0.2) is 42.9 Å². The molecule has 2 aromatic carbocycles. The number of carbonyl (C=O) groups excluding carboxylic acids is 1. The van der Waals surface area contributed by atoms with Gasteiger partial charge in [-0.1, -0.05) is 30.3 Å². The highest BCUT2D eigenvalue weighted by Crippen LogP contribution is 2.17. The first kappa shape index (κ1) is 23.4. The van der Waals surface area contributed by atoms with Gasteiger partial charge in [0.15, 0.2) is 5.96 Å². The second-order valence-electron chi connectivity index (χ2n) is 6.69. The molecule has 158 valence electrons. The lowest BCUT2D eigenvalue weighted by Gasteiger charge is -2.12. The zero-order valence-corrected chi connectivity index (χ0v) is 19.6. The Morgan fingerprint density at radius 2 is 1.70 bits per heavy atom. The topological polar surface area (TPSA) is 82.8 Å². The van der Waals surface area contributed by atoms with Crippen molar-refractivity contribution >= 4 is 35.8 Å². The van der Waals surface area contributed by atoms with Crippen molar-refractivity contribution in [2.45, 2.75) is 13.1 Å². The predicted molar refractivity (Wildman–Crippen MR) is 129 cm³/mol. The number of carbonyl (C=O) groups is 1. The number of aliphatic imine (C=N–C) groups is 1. The van der Waals surface area contributed by atoms with Gasteiger partial charge >= 0.3 is 0 Å². The third kappa shape index (κ3) is 6.31. The molecule has 1 aromatic heterocycles. The normalized spacial score (nSPS) is 10.8. The molecule has 0 aliphatic rings. The number of nitrogens with one attached hydrogen (secondary N) is 2. The zero-order valence-electron chi connectivity index (χ0n) is 17.3. The molecule has 0 fully saturated rings. The quantitative estimate of drug-likeness (QED) is 0.296. The molecule has 0 atom stereocenters. The first-order valence-corrected chi connectivity index (χ1v) is 9.31. The molecule has 0 spiro atoms. The Morgan fingerprint density at radius 3 is 2.33 bits per heavy atom. The number of nitrogens with zero attached hydrogens (tertiary/aromatic N) is 3. The van der Waals surface area contributed by atoms with Crippen molar-refractivity contribution in [2.24, 2.45) is 4.99 Å². The third-order valence-electron chi connectivity index (χ3n) is 4.30. The second-order valence-corrected chi connectivity index (χ2v) is 6.69. The summed E-state index contributed by atoms with van der Waals surface area (Å²) in [5.41, 5.74) is 3.45. The summed E-state index contributed by atoms with van der Waals surface area (Å²) < 4.78 is 5.55. The molecule has 0 unspecified atom stereocenters. The van der Waals surface area contributed by atoms with Crippen molar-refractivity contribution in [3.05, 3.63) is 77.7 Å². The first-order valence-electron chi connectivity index (χ1n) is 9.31. The van der Waals surface area contributed by atoms with E-state index in [1.807, 2.05) is 54.6 Å². The van der Waals surface area contributed by atoms with Crippen molar-refractivity contribution in [1.29, 1.82) is 0 Å². The number of aromatic nitrogens is 1. The zero-order chi connectivity index (χ0) is 20.6. The molecule has 8 heteroatoms. The number of benzene rings is 2. The van der Waals surface area contributed by atoms with Crippen LogP contribution in [0.25, 0.3) is 11.5 Å². The lowest BCUT2D eigenvalue weighted by atomic mass is 10.1. The molecule has 3 rings (SSSR count). The highest BCUT2D eigenvalue weighted by atomic mass is 127. The van der Waals surface area contributed by atoms with Gasteiger partial charge in [-0.3, -0.25) is 9.79 Å². The van der Waals surface area contributed by atoms with Gasteiger partial charge in [0, 0.05) is 38.8 Å². The van der Waals surface area contributed by atoms with Crippen LogP contribution in [-0.2, 0) is 13.1 Å². The number of guanidine groups is 1. The average Bonchev–Trinajstić information content (AvgIpc) is 3.23. The minimum Gasteiger partial charge on any atom is -0.444 e. The van der Waals surface area contributed by atoms with E-state index in [4.69, 9.17) is 4.42 Å². The molecule has 7 nitrogen and oxygen atoms in total. The molecule has 0 aliphatic carbocycles. The van der Waals surface area contributed by atoms with Crippen molar-refractivity contribution in [1.82, 2.24) is 20.5 Å². The summed E-state index contributed by atoms with van der Waals surface area (Å²) in [5, 5.41) is 6.47. The summed E-state index contributed by atoms with van der Waals surface area (Å²) in [6, 6.07) is 17.3. The van der Waals surface area contributed by atoms with E-state index in [-0.39, 0.29) is 29.9 Å². The molecule has 30 heavy (non-hydrogen) atoms. The number of oxazole rings is 1. The first-order chi connectivity index (χ1) is 14.1. The Bertz CT molecular complexity index is 969. The van der Waals surface area contributed by atoms with Crippen LogP contribution < -0.4 is 10.6 Å². The van der Waals surface area contributed by atoms with Gasteiger partial charge in [-0.2, -0.15) is 0 Å². The molecular formula is C22H26IN5O2. The van der Waals surface area contributed by atoms with E-state index in [0.717, 1.165) is 16.8 Å². The molecule has 0 saturated carbocycles. The fourth-order valence-corrected chi connectivity index (χ4v) is 2.71. The maximum absolute atomic E-state index is 11.9. The number of amides is 1. The van der Waals surface area contributed by atoms with Crippen LogP contribution >= 0.6 is 24.0 Å².